The first kappa shape index (κ1) is 24.4. The van der Waals surface area contributed by atoms with Crippen LogP contribution in [0.3, 0.4) is 0 Å². The van der Waals surface area contributed by atoms with Gasteiger partial charge in [-0.25, -0.2) is 9.59 Å². The van der Waals surface area contributed by atoms with E-state index in [2.05, 4.69) is 27.7 Å². The van der Waals surface area contributed by atoms with E-state index in [1.807, 2.05) is 38.1 Å². The molecule has 5 nitrogen and oxygen atoms in total. The zero-order chi connectivity index (χ0) is 23.2. The lowest BCUT2D eigenvalue weighted by Crippen LogP contribution is -2.16. The Morgan fingerprint density at radius 1 is 1.00 bits per heavy atom. The summed E-state index contributed by atoms with van der Waals surface area (Å²) in [5.74, 6) is -0.681. The smallest absolute Gasteiger partial charge is 0.478 e. The molecule has 0 fully saturated rings. The van der Waals surface area contributed by atoms with Crippen molar-refractivity contribution < 1.29 is 24.2 Å². The molecule has 0 saturated carbocycles. The van der Waals surface area contributed by atoms with Crippen LogP contribution in [-0.2, 0) is 16.6 Å². The molecule has 2 rings (SSSR count). The van der Waals surface area contributed by atoms with Gasteiger partial charge in [-0.15, -0.1) is 0 Å². The van der Waals surface area contributed by atoms with Gasteiger partial charge in [-0.2, -0.15) is 0 Å². The van der Waals surface area contributed by atoms with Crippen LogP contribution in [-0.4, -0.2) is 23.8 Å². The number of aromatic carboxylic acids is 1. The number of unbranched alkanes of at least 4 members (excludes halogenated alkanes) is 1. The van der Waals surface area contributed by atoms with Gasteiger partial charge in [-0.05, 0) is 54.0 Å². The molecule has 0 atom stereocenters. The molecular weight excluding hydrogens is 392 g/mol. The summed E-state index contributed by atoms with van der Waals surface area (Å²) in [5, 5.41) is 9.83. The minimum atomic E-state index is -1.02. The fourth-order valence-electron chi connectivity index (χ4n) is 3.40. The summed E-state index contributed by atoms with van der Waals surface area (Å²) in [6.45, 7) is 12.5. The monoisotopic (exact) mass is 426 g/mol. The standard InChI is InChI=1S/C26H34O5/c1-7-9-13-30-25(29)31-23-17(3)14-19(26(4,5)6)16-22(23)21-15-18(10-8-2)11-12-20(21)24(27)28/h11-12,14-16H,7-10,13H2,1-6H3,(H,27,28). The lowest BCUT2D eigenvalue weighted by Gasteiger charge is -2.23. The second kappa shape index (κ2) is 10.5. The Hall–Kier alpha value is -2.82. The van der Waals surface area contributed by atoms with Gasteiger partial charge >= 0.3 is 12.1 Å². The molecule has 0 heterocycles. The Labute approximate surface area is 185 Å². The van der Waals surface area contributed by atoms with Crippen LogP contribution in [0.25, 0.3) is 11.1 Å². The van der Waals surface area contributed by atoms with Crippen LogP contribution in [0.4, 0.5) is 4.79 Å². The van der Waals surface area contributed by atoms with Gasteiger partial charge in [0.25, 0.3) is 0 Å². The molecule has 0 amide bonds. The van der Waals surface area contributed by atoms with Gasteiger partial charge in [0.2, 0.25) is 0 Å². The first-order valence-electron chi connectivity index (χ1n) is 10.9. The third-order valence-corrected chi connectivity index (χ3v) is 5.19. The maximum absolute atomic E-state index is 12.3. The fourth-order valence-corrected chi connectivity index (χ4v) is 3.40. The molecule has 0 spiro atoms. The first-order valence-corrected chi connectivity index (χ1v) is 10.9. The SMILES string of the molecule is CCCCOC(=O)Oc1c(C)cc(C(C)(C)C)cc1-c1cc(CCC)ccc1C(=O)O. The highest BCUT2D eigenvalue weighted by Crippen LogP contribution is 2.40. The van der Waals surface area contributed by atoms with E-state index < -0.39 is 12.1 Å². The van der Waals surface area contributed by atoms with Crippen molar-refractivity contribution in [3.05, 3.63) is 52.6 Å². The number of hydrogen-bond donors (Lipinski definition) is 1. The quantitative estimate of drug-likeness (QED) is 0.281. The Balaban J connectivity index is 2.68. The van der Waals surface area contributed by atoms with Gasteiger partial charge in [-0.1, -0.05) is 65.7 Å². The summed E-state index contributed by atoms with van der Waals surface area (Å²) in [5.41, 5.74) is 3.98. The van der Waals surface area contributed by atoms with Crippen LogP contribution < -0.4 is 4.74 Å². The number of benzene rings is 2. The zero-order valence-corrected chi connectivity index (χ0v) is 19.5. The molecule has 0 aliphatic carbocycles. The van der Waals surface area contributed by atoms with E-state index in [0.717, 1.165) is 42.4 Å². The van der Waals surface area contributed by atoms with Crippen molar-refractivity contribution in [1.82, 2.24) is 0 Å². The average Bonchev–Trinajstić information content (AvgIpc) is 2.68. The van der Waals surface area contributed by atoms with Gasteiger partial charge in [-0.3, -0.25) is 0 Å². The summed E-state index contributed by atoms with van der Waals surface area (Å²) in [6.07, 6.45) is 2.67. The van der Waals surface area contributed by atoms with Crippen molar-refractivity contribution in [2.45, 2.75) is 72.6 Å². The van der Waals surface area contributed by atoms with Crippen molar-refractivity contribution in [2.75, 3.05) is 6.61 Å². The van der Waals surface area contributed by atoms with Crippen LogP contribution in [0.2, 0.25) is 0 Å². The predicted molar refractivity (Wildman–Crippen MR) is 123 cm³/mol. The molecular formula is C26H34O5. The molecule has 168 valence electrons. The number of carbonyl (C=O) groups excluding carboxylic acids is 1. The normalized spacial score (nSPS) is 11.3. The first-order chi connectivity index (χ1) is 14.6. The molecule has 31 heavy (non-hydrogen) atoms. The molecule has 0 bridgehead atoms. The van der Waals surface area contributed by atoms with Crippen molar-refractivity contribution in [2.24, 2.45) is 0 Å². The largest absolute Gasteiger partial charge is 0.513 e. The summed E-state index contributed by atoms with van der Waals surface area (Å²) in [6, 6.07) is 9.28. The highest BCUT2D eigenvalue weighted by Gasteiger charge is 2.24. The van der Waals surface area contributed by atoms with Gasteiger partial charge < -0.3 is 14.6 Å². The summed E-state index contributed by atoms with van der Waals surface area (Å²) in [4.78, 5) is 24.3. The molecule has 0 radical (unpaired) electrons. The molecule has 1 N–H and O–H groups in total. The second-order valence-corrected chi connectivity index (χ2v) is 8.91. The summed E-state index contributed by atoms with van der Waals surface area (Å²) in [7, 11) is 0. The number of hydrogen-bond acceptors (Lipinski definition) is 4. The topological polar surface area (TPSA) is 72.8 Å². The molecule has 0 unspecified atom stereocenters. The van der Waals surface area contributed by atoms with Crippen molar-refractivity contribution in [1.29, 1.82) is 0 Å². The van der Waals surface area contributed by atoms with E-state index in [1.54, 1.807) is 6.07 Å². The number of carboxylic acid groups (broad SMARTS) is 1. The molecule has 0 aliphatic heterocycles. The van der Waals surface area contributed by atoms with Crippen LogP contribution in [0, 0.1) is 6.92 Å². The van der Waals surface area contributed by atoms with E-state index in [0.29, 0.717) is 16.9 Å². The molecule has 0 aliphatic rings. The Morgan fingerprint density at radius 2 is 1.71 bits per heavy atom. The highest BCUT2D eigenvalue weighted by molar-refractivity contribution is 5.97. The van der Waals surface area contributed by atoms with Gasteiger partial charge in [0, 0.05) is 11.1 Å². The summed E-state index contributed by atoms with van der Waals surface area (Å²) >= 11 is 0. The van der Waals surface area contributed by atoms with Gasteiger partial charge in [0.15, 0.2) is 0 Å². The maximum Gasteiger partial charge on any atom is 0.513 e. The van der Waals surface area contributed by atoms with E-state index in [4.69, 9.17) is 9.47 Å². The van der Waals surface area contributed by atoms with E-state index in [9.17, 15) is 14.7 Å². The number of rotatable bonds is 8. The number of carbonyl (C=O) groups is 2. The molecule has 0 aromatic heterocycles. The van der Waals surface area contributed by atoms with E-state index >= 15 is 0 Å². The minimum Gasteiger partial charge on any atom is -0.478 e. The number of ether oxygens (including phenoxy) is 2. The van der Waals surface area contributed by atoms with Crippen molar-refractivity contribution in [3.8, 4) is 16.9 Å². The van der Waals surface area contributed by atoms with Gasteiger partial charge in [0.1, 0.15) is 5.75 Å². The maximum atomic E-state index is 12.3. The molecule has 2 aromatic rings. The van der Waals surface area contributed by atoms with Gasteiger partial charge in [0.05, 0.1) is 12.2 Å². The van der Waals surface area contributed by atoms with Crippen molar-refractivity contribution in [3.63, 3.8) is 0 Å². The Morgan fingerprint density at radius 3 is 2.29 bits per heavy atom. The zero-order valence-electron chi connectivity index (χ0n) is 19.5. The van der Waals surface area contributed by atoms with Crippen LogP contribution >= 0.6 is 0 Å². The number of aryl methyl sites for hydroxylation is 2. The van der Waals surface area contributed by atoms with Crippen LogP contribution in [0.5, 0.6) is 5.75 Å². The molecule has 5 heteroatoms. The summed E-state index contributed by atoms with van der Waals surface area (Å²) < 4.78 is 10.8. The molecule has 2 aromatic carbocycles. The van der Waals surface area contributed by atoms with Crippen LogP contribution in [0.1, 0.15) is 80.9 Å². The van der Waals surface area contributed by atoms with E-state index in [1.165, 1.54) is 0 Å². The second-order valence-electron chi connectivity index (χ2n) is 8.91. The Bertz CT molecular complexity index is 938. The van der Waals surface area contributed by atoms with Crippen molar-refractivity contribution >= 4 is 12.1 Å². The molecule has 0 saturated heterocycles. The third kappa shape index (κ3) is 6.33. The Kier molecular flexibility index (Phi) is 8.26. The average molecular weight is 427 g/mol. The lowest BCUT2D eigenvalue weighted by molar-refractivity contribution is 0.0697. The lowest BCUT2D eigenvalue weighted by atomic mass is 9.83. The van der Waals surface area contributed by atoms with E-state index in [-0.39, 0.29) is 17.6 Å². The highest BCUT2D eigenvalue weighted by atomic mass is 16.7. The minimum absolute atomic E-state index is 0.163. The third-order valence-electron chi connectivity index (χ3n) is 5.19. The number of carboxylic acids is 1. The predicted octanol–water partition coefficient (Wildman–Crippen LogP) is 6.93. The van der Waals surface area contributed by atoms with Crippen LogP contribution in [0.15, 0.2) is 30.3 Å². The fraction of sp³-hybridized carbons (Fsp3) is 0.462.